The molecule has 8 nitrogen and oxygen atoms in total. The average Bonchev–Trinajstić information content (AvgIpc) is 3.02. The molecule has 0 fully saturated rings. The van der Waals surface area contributed by atoms with E-state index in [0.717, 1.165) is 14.2 Å². The Morgan fingerprint density at radius 1 is 1.33 bits per heavy atom. The number of methoxy groups -OCH3 is 1. The van der Waals surface area contributed by atoms with Gasteiger partial charge < -0.3 is 15.8 Å². The zero-order chi connectivity index (χ0) is 20.7. The summed E-state index contributed by atoms with van der Waals surface area (Å²) < 4.78 is 43.7. The summed E-state index contributed by atoms with van der Waals surface area (Å²) in [5.74, 6) is -2.69. The lowest BCUT2D eigenvalue weighted by molar-refractivity contribution is -0.144. The van der Waals surface area contributed by atoms with Gasteiger partial charge in [-0.1, -0.05) is 0 Å². The molecule has 0 aliphatic carbocycles. The van der Waals surface area contributed by atoms with Crippen molar-refractivity contribution in [3.8, 4) is 0 Å². The van der Waals surface area contributed by atoms with Gasteiger partial charge in [0.15, 0.2) is 11.4 Å². The number of nitrogens with one attached hydrogen (secondary N) is 1. The van der Waals surface area contributed by atoms with Crippen molar-refractivity contribution in [1.29, 1.82) is 0 Å². The Labute approximate surface area is 162 Å². The summed E-state index contributed by atoms with van der Waals surface area (Å²) in [7, 11) is 2.13. The van der Waals surface area contributed by atoms with E-state index in [4.69, 9.17) is 5.73 Å². The van der Waals surface area contributed by atoms with Crippen LogP contribution < -0.4 is 11.1 Å². The first kappa shape index (κ1) is 20.9. The van der Waals surface area contributed by atoms with Gasteiger partial charge in [-0.2, -0.15) is 18.3 Å². The molecule has 0 aromatic carbocycles. The van der Waals surface area contributed by atoms with Gasteiger partial charge in [-0.15, -0.1) is 11.3 Å². The van der Waals surface area contributed by atoms with Crippen LogP contribution in [0.1, 0.15) is 41.8 Å². The number of nitrogens with zero attached hydrogens (tertiary/aromatic N) is 2. The van der Waals surface area contributed by atoms with E-state index in [-0.39, 0.29) is 21.0 Å². The number of rotatable bonds is 4. The molecular weight excluding hydrogens is 457 g/mol. The number of hydrogen-bond acceptors (Lipinski definition) is 6. The first-order valence-electron chi connectivity index (χ1n) is 7.02. The molecule has 2 amide bonds. The van der Waals surface area contributed by atoms with E-state index in [1.54, 1.807) is 0 Å². The highest BCUT2D eigenvalue weighted by Gasteiger charge is 2.40. The number of nitrogens with two attached hydrogens (primary N) is 1. The summed E-state index contributed by atoms with van der Waals surface area (Å²) in [5, 5.41) is 5.76. The number of halogens is 4. The molecule has 3 N–H and O–H groups in total. The second-order valence-electron chi connectivity index (χ2n) is 5.20. The highest BCUT2D eigenvalue weighted by atomic mass is 79.9. The Kier molecular flexibility index (Phi) is 5.65. The molecule has 0 atom stereocenters. The predicted octanol–water partition coefficient (Wildman–Crippen LogP) is 2.71. The zero-order valence-electron chi connectivity index (χ0n) is 14.0. The summed E-state index contributed by atoms with van der Waals surface area (Å²) in [6, 6.07) is 0. The molecule has 0 saturated carbocycles. The topological polar surface area (TPSA) is 116 Å². The van der Waals surface area contributed by atoms with Crippen molar-refractivity contribution >= 4 is 50.1 Å². The molecule has 0 aliphatic heterocycles. The minimum atomic E-state index is -4.74. The third-order valence-corrected chi connectivity index (χ3v) is 5.43. The minimum Gasteiger partial charge on any atom is -0.465 e. The van der Waals surface area contributed by atoms with E-state index in [2.05, 4.69) is 31.1 Å². The molecule has 2 aromatic rings. The fraction of sp³-hybridized carbons (Fsp3) is 0.286. The summed E-state index contributed by atoms with van der Waals surface area (Å²) >= 11 is 3.43. The zero-order valence-corrected chi connectivity index (χ0v) is 16.4. The Morgan fingerprint density at radius 3 is 2.37 bits per heavy atom. The third kappa shape index (κ3) is 3.83. The van der Waals surface area contributed by atoms with Gasteiger partial charge in [0, 0.05) is 7.05 Å². The molecule has 0 aliphatic rings. The largest absolute Gasteiger partial charge is 0.465 e. The highest BCUT2D eigenvalue weighted by Crippen LogP contribution is 2.37. The first-order chi connectivity index (χ1) is 12.4. The molecule has 2 heterocycles. The number of hydrogen-bond donors (Lipinski definition) is 2. The molecule has 2 rings (SSSR count). The number of thiophene rings is 1. The van der Waals surface area contributed by atoms with E-state index < -0.39 is 39.8 Å². The number of primary amides is 1. The quantitative estimate of drug-likeness (QED) is 0.669. The summed E-state index contributed by atoms with van der Waals surface area (Å²) in [6.45, 7) is 1.43. The van der Waals surface area contributed by atoms with Crippen LogP contribution >= 0.6 is 27.3 Å². The van der Waals surface area contributed by atoms with E-state index in [0.29, 0.717) is 16.0 Å². The lowest BCUT2D eigenvalue weighted by Gasteiger charge is -2.06. The normalized spacial score (nSPS) is 11.4. The number of carbonyl (C=O) groups excluding carboxylic acids is 3. The molecule has 0 bridgehead atoms. The van der Waals surface area contributed by atoms with Gasteiger partial charge in [0.25, 0.3) is 11.8 Å². The molecular formula is C14H12BrF3N4O4S. The number of aromatic nitrogens is 2. The maximum atomic E-state index is 13.0. The van der Waals surface area contributed by atoms with Gasteiger partial charge in [-0.05, 0) is 28.4 Å². The second-order valence-corrected chi connectivity index (χ2v) is 7.02. The molecule has 13 heteroatoms. The smallest absolute Gasteiger partial charge is 0.434 e. The monoisotopic (exact) mass is 468 g/mol. The number of carbonyl (C=O) groups is 3. The number of aryl methyl sites for hydroxylation is 1. The van der Waals surface area contributed by atoms with Crippen molar-refractivity contribution in [1.82, 2.24) is 9.78 Å². The summed E-state index contributed by atoms with van der Waals surface area (Å²) in [6.07, 6.45) is -4.74. The second kappa shape index (κ2) is 7.31. The Morgan fingerprint density at radius 2 is 1.93 bits per heavy atom. The predicted molar refractivity (Wildman–Crippen MR) is 92.8 cm³/mol. The number of amides is 2. The van der Waals surface area contributed by atoms with Crippen LogP contribution in [0.3, 0.4) is 0 Å². The Hall–Kier alpha value is -2.41. The number of alkyl halides is 3. The maximum absolute atomic E-state index is 13.0. The number of ether oxygens (including phenoxy) is 1. The number of esters is 1. The molecule has 0 spiro atoms. The standard InChI is InChI=1S/C14H12BrF3N4O4S/c1-4-5(13(25)26-3)12(27-8(4)10(19)23)20-11(24)7-6(15)9(14(16,17)18)22(2)21-7/h1-3H3,(H2,19,23)(H,20,24). The van der Waals surface area contributed by atoms with Gasteiger partial charge in [0.1, 0.15) is 5.00 Å². The highest BCUT2D eigenvalue weighted by molar-refractivity contribution is 9.10. The van der Waals surface area contributed by atoms with Crippen LogP contribution in [-0.2, 0) is 18.0 Å². The molecule has 0 unspecified atom stereocenters. The third-order valence-electron chi connectivity index (χ3n) is 3.46. The van der Waals surface area contributed by atoms with Gasteiger partial charge in [-0.25, -0.2) is 4.79 Å². The Balaban J connectivity index is 2.49. The van der Waals surface area contributed by atoms with E-state index in [1.807, 2.05) is 0 Å². The molecule has 0 radical (unpaired) electrons. The van der Waals surface area contributed by atoms with E-state index in [9.17, 15) is 27.6 Å². The Bertz CT molecular complexity index is 951. The lowest BCUT2D eigenvalue weighted by atomic mass is 10.1. The van der Waals surface area contributed by atoms with E-state index in [1.165, 1.54) is 6.92 Å². The molecule has 146 valence electrons. The van der Waals surface area contributed by atoms with Crippen LogP contribution in [0, 0.1) is 6.92 Å². The van der Waals surface area contributed by atoms with Crippen LogP contribution in [0.5, 0.6) is 0 Å². The average molecular weight is 469 g/mol. The minimum absolute atomic E-state index is 0.00164. The fourth-order valence-corrected chi connectivity index (χ4v) is 4.08. The van der Waals surface area contributed by atoms with E-state index >= 15 is 0 Å². The van der Waals surface area contributed by atoms with Crippen molar-refractivity contribution in [2.75, 3.05) is 12.4 Å². The van der Waals surface area contributed by atoms with Gasteiger partial charge in [0.2, 0.25) is 0 Å². The van der Waals surface area contributed by atoms with Crippen LogP contribution in [-0.4, -0.2) is 34.7 Å². The van der Waals surface area contributed by atoms with Crippen molar-refractivity contribution in [3.63, 3.8) is 0 Å². The van der Waals surface area contributed by atoms with Gasteiger partial charge in [-0.3, -0.25) is 14.3 Å². The maximum Gasteiger partial charge on any atom is 0.434 e. The fourth-order valence-electron chi connectivity index (χ4n) is 2.30. The molecule has 2 aromatic heterocycles. The van der Waals surface area contributed by atoms with Crippen LogP contribution in [0.15, 0.2) is 4.47 Å². The SMILES string of the molecule is COC(=O)c1c(NC(=O)c2nn(C)c(C(F)(F)F)c2Br)sc(C(N)=O)c1C. The van der Waals surface area contributed by atoms with Crippen LogP contribution in [0.4, 0.5) is 18.2 Å². The van der Waals surface area contributed by atoms with Crippen LogP contribution in [0.2, 0.25) is 0 Å². The molecule has 0 saturated heterocycles. The first-order valence-corrected chi connectivity index (χ1v) is 8.63. The van der Waals surface area contributed by atoms with Crippen molar-refractivity contribution in [2.24, 2.45) is 12.8 Å². The van der Waals surface area contributed by atoms with Crippen molar-refractivity contribution < 1.29 is 32.3 Å². The number of anilines is 1. The summed E-state index contributed by atoms with van der Waals surface area (Å²) in [5.41, 5.74) is 3.60. The van der Waals surface area contributed by atoms with Crippen molar-refractivity contribution in [2.45, 2.75) is 13.1 Å². The van der Waals surface area contributed by atoms with Gasteiger partial charge in [0.05, 0.1) is 22.0 Å². The molecule has 27 heavy (non-hydrogen) atoms. The summed E-state index contributed by atoms with van der Waals surface area (Å²) in [4.78, 5) is 35.9. The van der Waals surface area contributed by atoms with Gasteiger partial charge >= 0.3 is 12.1 Å². The van der Waals surface area contributed by atoms with Crippen molar-refractivity contribution in [3.05, 3.63) is 31.9 Å². The lowest BCUT2D eigenvalue weighted by Crippen LogP contribution is -2.15. The van der Waals surface area contributed by atoms with Crippen LogP contribution in [0.25, 0.3) is 0 Å².